The number of nitrogens with zero attached hydrogens (tertiary/aromatic N) is 2. The highest BCUT2D eigenvalue weighted by Crippen LogP contribution is 2.33. The maximum absolute atomic E-state index is 13.5. The summed E-state index contributed by atoms with van der Waals surface area (Å²) in [6, 6.07) is 9.79. The van der Waals surface area contributed by atoms with Gasteiger partial charge in [-0.25, -0.2) is 0 Å². The van der Waals surface area contributed by atoms with Gasteiger partial charge in [0.1, 0.15) is 0 Å². The number of unbranched alkanes of at least 4 members (excludes halogenated alkanes) is 5. The molecule has 0 bridgehead atoms. The van der Waals surface area contributed by atoms with E-state index in [0.29, 0.717) is 25.3 Å². The molecule has 186 valence electrons. The van der Waals surface area contributed by atoms with E-state index in [-0.39, 0.29) is 31.2 Å². The Bertz CT molecular complexity index is 913. The summed E-state index contributed by atoms with van der Waals surface area (Å²) in [5.41, 5.74) is 0.976. The molecular weight excluding hydrogens is 448 g/mol. The van der Waals surface area contributed by atoms with Gasteiger partial charge in [-0.1, -0.05) is 51.2 Å². The Labute approximate surface area is 207 Å². The number of fused-ring (bicyclic) bond motifs is 1. The molecule has 7 heteroatoms. The van der Waals surface area contributed by atoms with E-state index in [4.69, 9.17) is 9.47 Å². The van der Waals surface area contributed by atoms with Gasteiger partial charge in [0, 0.05) is 23.9 Å². The quantitative estimate of drug-likeness (QED) is 0.308. The van der Waals surface area contributed by atoms with E-state index in [2.05, 4.69) is 6.92 Å². The van der Waals surface area contributed by atoms with Crippen molar-refractivity contribution in [1.29, 1.82) is 0 Å². The summed E-state index contributed by atoms with van der Waals surface area (Å²) >= 11 is 1.63. The summed E-state index contributed by atoms with van der Waals surface area (Å²) in [4.78, 5) is 31.1. The summed E-state index contributed by atoms with van der Waals surface area (Å²) in [6.45, 7) is 7.45. The monoisotopic (exact) mass is 486 g/mol. The van der Waals surface area contributed by atoms with Crippen molar-refractivity contribution in [2.75, 3.05) is 13.3 Å². The van der Waals surface area contributed by atoms with Crippen LogP contribution in [0.3, 0.4) is 0 Å². The number of hydrogen-bond acceptors (Lipinski definition) is 5. The second-order valence-electron chi connectivity index (χ2n) is 9.15. The van der Waals surface area contributed by atoms with Crippen LogP contribution in [-0.2, 0) is 22.7 Å². The summed E-state index contributed by atoms with van der Waals surface area (Å²) in [5.74, 6) is 1.46. The average molecular weight is 487 g/mol. The van der Waals surface area contributed by atoms with Crippen LogP contribution in [0.4, 0.5) is 0 Å². The van der Waals surface area contributed by atoms with Gasteiger partial charge in [-0.3, -0.25) is 9.59 Å². The molecule has 2 amide bonds. The lowest BCUT2D eigenvalue weighted by Gasteiger charge is -2.30. The van der Waals surface area contributed by atoms with Crippen molar-refractivity contribution in [3.05, 3.63) is 46.2 Å². The number of ether oxygens (including phenoxy) is 2. The van der Waals surface area contributed by atoms with E-state index >= 15 is 0 Å². The Kier molecular flexibility index (Phi) is 10.3. The van der Waals surface area contributed by atoms with Crippen molar-refractivity contribution in [2.24, 2.45) is 0 Å². The first-order valence-electron chi connectivity index (χ1n) is 12.5. The fraction of sp³-hybridized carbons (Fsp3) is 0.556. The number of thiophene rings is 1. The summed E-state index contributed by atoms with van der Waals surface area (Å²) in [6.07, 6.45) is 7.34. The highest BCUT2D eigenvalue weighted by atomic mass is 32.1. The number of benzene rings is 1. The molecule has 2 aromatic rings. The zero-order chi connectivity index (χ0) is 24.3. The molecule has 1 aliphatic heterocycles. The molecule has 1 aliphatic rings. The minimum absolute atomic E-state index is 0.0225. The zero-order valence-electron chi connectivity index (χ0n) is 20.8. The van der Waals surface area contributed by atoms with Gasteiger partial charge in [-0.2, -0.15) is 0 Å². The first kappa shape index (κ1) is 26.1. The second-order valence-corrected chi connectivity index (χ2v) is 10.2. The molecular formula is C27H38N2O4S. The van der Waals surface area contributed by atoms with Gasteiger partial charge in [0.25, 0.3) is 0 Å². The molecule has 0 aliphatic carbocycles. The van der Waals surface area contributed by atoms with Crippen LogP contribution in [0.2, 0.25) is 0 Å². The maximum Gasteiger partial charge on any atom is 0.242 e. The lowest BCUT2D eigenvalue weighted by molar-refractivity contribution is -0.142. The number of carbonyl (C=O) groups is 2. The molecule has 0 spiro atoms. The number of hydrogen-bond donors (Lipinski definition) is 0. The Morgan fingerprint density at radius 1 is 0.971 bits per heavy atom. The van der Waals surface area contributed by atoms with E-state index < -0.39 is 0 Å². The maximum atomic E-state index is 13.5. The van der Waals surface area contributed by atoms with Gasteiger partial charge in [0.2, 0.25) is 18.6 Å². The SMILES string of the molecule is CCCCCCCCC(=O)N(CC(=O)N(Cc1ccc2c(c1)OCO2)Cc1cccs1)C(C)C. The van der Waals surface area contributed by atoms with E-state index in [9.17, 15) is 9.59 Å². The smallest absolute Gasteiger partial charge is 0.242 e. The van der Waals surface area contributed by atoms with Crippen molar-refractivity contribution in [1.82, 2.24) is 9.80 Å². The molecule has 0 saturated heterocycles. The zero-order valence-corrected chi connectivity index (χ0v) is 21.6. The van der Waals surface area contributed by atoms with Gasteiger partial charge in [0.05, 0.1) is 13.1 Å². The molecule has 1 aromatic carbocycles. The molecule has 0 N–H and O–H groups in total. The summed E-state index contributed by atoms with van der Waals surface area (Å²) < 4.78 is 10.9. The standard InChI is InChI=1S/C27H38N2O4S/c1-4-5-6-7-8-9-12-26(30)29(21(2)3)19-27(31)28(18-23-11-10-15-34-23)17-22-13-14-24-25(16-22)33-20-32-24/h10-11,13-16,21H,4-9,12,17-20H2,1-3H3. The van der Waals surface area contributed by atoms with Crippen LogP contribution in [0.15, 0.2) is 35.7 Å². The van der Waals surface area contributed by atoms with Crippen molar-refractivity contribution in [3.8, 4) is 11.5 Å². The molecule has 1 aromatic heterocycles. The third-order valence-electron chi connectivity index (χ3n) is 6.08. The minimum atomic E-state index is -0.0453. The van der Waals surface area contributed by atoms with E-state index in [1.807, 2.05) is 54.5 Å². The third kappa shape index (κ3) is 7.76. The lowest BCUT2D eigenvalue weighted by atomic mass is 10.1. The van der Waals surface area contributed by atoms with E-state index in [0.717, 1.165) is 29.0 Å². The summed E-state index contributed by atoms with van der Waals surface area (Å²) in [7, 11) is 0. The highest BCUT2D eigenvalue weighted by Gasteiger charge is 2.24. The van der Waals surface area contributed by atoms with Gasteiger partial charge in [-0.15, -0.1) is 11.3 Å². The average Bonchev–Trinajstić information content (AvgIpc) is 3.50. The van der Waals surface area contributed by atoms with Gasteiger partial charge in [0.15, 0.2) is 11.5 Å². The van der Waals surface area contributed by atoms with E-state index in [1.165, 1.54) is 25.7 Å². The second kappa shape index (κ2) is 13.4. The predicted molar refractivity (Wildman–Crippen MR) is 136 cm³/mol. The van der Waals surface area contributed by atoms with Gasteiger partial charge in [-0.05, 0) is 49.4 Å². The van der Waals surface area contributed by atoms with Crippen LogP contribution in [0, 0.1) is 0 Å². The fourth-order valence-corrected chi connectivity index (χ4v) is 4.81. The van der Waals surface area contributed by atoms with Crippen LogP contribution < -0.4 is 9.47 Å². The summed E-state index contributed by atoms with van der Waals surface area (Å²) in [5, 5.41) is 2.02. The topological polar surface area (TPSA) is 59.1 Å². The molecule has 34 heavy (non-hydrogen) atoms. The lowest BCUT2D eigenvalue weighted by Crippen LogP contribution is -2.45. The Morgan fingerprint density at radius 2 is 1.74 bits per heavy atom. The number of rotatable bonds is 14. The fourth-order valence-electron chi connectivity index (χ4n) is 4.09. The first-order chi connectivity index (χ1) is 16.5. The molecule has 0 fully saturated rings. The molecule has 2 heterocycles. The normalized spacial score (nSPS) is 12.2. The van der Waals surface area contributed by atoms with Crippen molar-refractivity contribution in [3.63, 3.8) is 0 Å². The van der Waals surface area contributed by atoms with Gasteiger partial charge < -0.3 is 19.3 Å². The Balaban J connectivity index is 1.63. The largest absolute Gasteiger partial charge is 0.454 e. The molecule has 0 saturated carbocycles. The number of amides is 2. The van der Waals surface area contributed by atoms with Crippen LogP contribution in [0.1, 0.15) is 76.2 Å². The van der Waals surface area contributed by atoms with Crippen LogP contribution in [0.25, 0.3) is 0 Å². The van der Waals surface area contributed by atoms with Crippen LogP contribution in [0.5, 0.6) is 11.5 Å². The predicted octanol–water partition coefficient (Wildman–Crippen LogP) is 5.99. The molecule has 3 rings (SSSR count). The van der Waals surface area contributed by atoms with Gasteiger partial charge >= 0.3 is 0 Å². The molecule has 0 unspecified atom stereocenters. The minimum Gasteiger partial charge on any atom is -0.454 e. The third-order valence-corrected chi connectivity index (χ3v) is 6.94. The highest BCUT2D eigenvalue weighted by molar-refractivity contribution is 7.09. The van der Waals surface area contributed by atoms with Crippen molar-refractivity contribution >= 4 is 23.2 Å². The van der Waals surface area contributed by atoms with Crippen LogP contribution >= 0.6 is 11.3 Å². The van der Waals surface area contributed by atoms with Crippen LogP contribution in [-0.4, -0.2) is 41.0 Å². The van der Waals surface area contributed by atoms with Crippen molar-refractivity contribution < 1.29 is 19.1 Å². The Morgan fingerprint density at radius 3 is 2.47 bits per heavy atom. The first-order valence-corrected chi connectivity index (χ1v) is 13.3. The molecule has 6 nitrogen and oxygen atoms in total. The Hall–Kier alpha value is -2.54. The van der Waals surface area contributed by atoms with Crippen molar-refractivity contribution in [2.45, 2.75) is 84.8 Å². The molecule has 0 radical (unpaired) electrons. The molecule has 0 atom stereocenters. The van der Waals surface area contributed by atoms with E-state index in [1.54, 1.807) is 16.2 Å². The number of carbonyl (C=O) groups excluding carboxylic acids is 2.